The molecule has 2 aromatic rings. The first kappa shape index (κ1) is 21.0. The first-order valence-corrected chi connectivity index (χ1v) is 10.0. The second kappa shape index (κ2) is 8.74. The molecule has 2 aromatic carbocycles. The summed E-state index contributed by atoms with van der Waals surface area (Å²) in [7, 11) is 0. The topological polar surface area (TPSA) is 79.8 Å². The van der Waals surface area contributed by atoms with Crippen LogP contribution in [0.2, 0.25) is 0 Å². The molecule has 6 heteroatoms. The molecule has 0 aliphatic carbocycles. The van der Waals surface area contributed by atoms with E-state index in [1.165, 1.54) is 0 Å². The second-order valence-electron chi connectivity index (χ2n) is 8.19. The van der Waals surface area contributed by atoms with E-state index in [2.05, 4.69) is 24.5 Å². The van der Waals surface area contributed by atoms with Gasteiger partial charge in [-0.25, -0.2) is 4.79 Å². The fraction of sp³-hybridized carbons (Fsp3) is 0.435. The van der Waals surface area contributed by atoms with Crippen molar-refractivity contribution in [3.63, 3.8) is 0 Å². The third-order valence-electron chi connectivity index (χ3n) is 4.91. The Hall–Kier alpha value is -2.73. The van der Waals surface area contributed by atoms with Crippen molar-refractivity contribution >= 4 is 11.8 Å². The lowest BCUT2D eigenvalue weighted by molar-refractivity contribution is -0.113. The number of carbonyl (C=O) groups excluding carboxylic acids is 1. The van der Waals surface area contributed by atoms with Gasteiger partial charge in [-0.2, -0.15) is 0 Å². The Bertz CT molecular complexity index is 836. The van der Waals surface area contributed by atoms with E-state index in [-0.39, 0.29) is 6.04 Å². The lowest BCUT2D eigenvalue weighted by atomic mass is 9.88. The maximum Gasteiger partial charge on any atom is 0.407 e. The minimum absolute atomic E-state index is 0.276. The van der Waals surface area contributed by atoms with Gasteiger partial charge in [-0.1, -0.05) is 30.3 Å². The molecule has 156 valence electrons. The Morgan fingerprint density at radius 3 is 2.62 bits per heavy atom. The molecule has 1 aliphatic rings. The SMILES string of the molecule is CC(C)Nc1ccc2c(c1)OC(C)(C)[C@H](O)[C@H]2OC(=O)NCCc1ccccc1. The van der Waals surface area contributed by atoms with Crippen molar-refractivity contribution in [1.82, 2.24) is 5.32 Å². The number of aliphatic hydroxyl groups is 1. The van der Waals surface area contributed by atoms with Crippen molar-refractivity contribution in [3.05, 3.63) is 59.7 Å². The van der Waals surface area contributed by atoms with E-state index in [9.17, 15) is 9.90 Å². The van der Waals surface area contributed by atoms with Gasteiger partial charge in [0.2, 0.25) is 0 Å². The summed E-state index contributed by atoms with van der Waals surface area (Å²) in [4.78, 5) is 12.4. The molecule has 0 spiro atoms. The Labute approximate surface area is 172 Å². The summed E-state index contributed by atoms with van der Waals surface area (Å²) in [5.74, 6) is 0.605. The van der Waals surface area contributed by atoms with Crippen molar-refractivity contribution in [2.24, 2.45) is 0 Å². The van der Waals surface area contributed by atoms with Gasteiger partial charge in [-0.05, 0) is 51.8 Å². The standard InChI is InChI=1S/C23H30N2O4/c1-15(2)25-17-10-11-18-19(14-17)29-23(3,4)21(26)20(18)28-22(27)24-13-12-16-8-6-5-7-9-16/h5-11,14-15,20-21,25-26H,12-13H2,1-4H3,(H,24,27)/t20-,21+/m0/s1. The maximum atomic E-state index is 12.4. The number of amides is 1. The van der Waals surface area contributed by atoms with Gasteiger partial charge in [0.15, 0.2) is 6.10 Å². The van der Waals surface area contributed by atoms with Crippen LogP contribution in [0.25, 0.3) is 0 Å². The first-order valence-electron chi connectivity index (χ1n) is 10.0. The van der Waals surface area contributed by atoms with E-state index in [1.54, 1.807) is 13.8 Å². The third kappa shape index (κ3) is 5.21. The molecule has 0 unspecified atom stereocenters. The average Bonchev–Trinajstić information content (AvgIpc) is 2.65. The molecule has 0 saturated heterocycles. The molecule has 3 rings (SSSR count). The number of carbonyl (C=O) groups is 1. The lowest BCUT2D eigenvalue weighted by Crippen LogP contribution is -2.50. The van der Waals surface area contributed by atoms with Gasteiger partial charge in [0.05, 0.1) is 0 Å². The van der Waals surface area contributed by atoms with Crippen LogP contribution in [0, 0.1) is 0 Å². The molecular weight excluding hydrogens is 368 g/mol. The summed E-state index contributed by atoms with van der Waals surface area (Å²) in [6.45, 7) is 8.13. The van der Waals surface area contributed by atoms with Crippen LogP contribution in [0.5, 0.6) is 5.75 Å². The van der Waals surface area contributed by atoms with E-state index < -0.39 is 23.9 Å². The van der Waals surface area contributed by atoms with Crippen molar-refractivity contribution < 1.29 is 19.4 Å². The fourth-order valence-corrected chi connectivity index (χ4v) is 3.40. The molecule has 0 aromatic heterocycles. The first-order chi connectivity index (χ1) is 13.8. The number of ether oxygens (including phenoxy) is 2. The third-order valence-corrected chi connectivity index (χ3v) is 4.91. The Morgan fingerprint density at radius 2 is 1.93 bits per heavy atom. The Kier molecular flexibility index (Phi) is 6.33. The maximum absolute atomic E-state index is 12.4. The van der Waals surface area contributed by atoms with Crippen LogP contribution in [0.1, 0.15) is 44.9 Å². The average molecular weight is 399 g/mol. The van der Waals surface area contributed by atoms with Gasteiger partial charge in [-0.3, -0.25) is 0 Å². The van der Waals surface area contributed by atoms with Crippen molar-refractivity contribution in [2.75, 3.05) is 11.9 Å². The lowest BCUT2D eigenvalue weighted by Gasteiger charge is -2.41. The van der Waals surface area contributed by atoms with Gasteiger partial charge in [0.1, 0.15) is 17.5 Å². The smallest absolute Gasteiger partial charge is 0.407 e. The van der Waals surface area contributed by atoms with Crippen LogP contribution >= 0.6 is 0 Å². The largest absolute Gasteiger partial charge is 0.484 e. The normalized spacial score (nSPS) is 19.8. The molecule has 0 radical (unpaired) electrons. The highest BCUT2D eigenvalue weighted by atomic mass is 16.6. The number of hydrogen-bond donors (Lipinski definition) is 3. The molecule has 0 bridgehead atoms. The van der Waals surface area contributed by atoms with Crippen LogP contribution in [-0.2, 0) is 11.2 Å². The van der Waals surface area contributed by atoms with Gasteiger partial charge in [0, 0.05) is 29.9 Å². The Morgan fingerprint density at radius 1 is 1.21 bits per heavy atom. The predicted octanol–water partition coefficient (Wildman–Crippen LogP) is 4.05. The van der Waals surface area contributed by atoms with Gasteiger partial charge in [-0.15, -0.1) is 0 Å². The molecule has 6 nitrogen and oxygen atoms in total. The zero-order valence-corrected chi connectivity index (χ0v) is 17.4. The number of hydrogen-bond acceptors (Lipinski definition) is 5. The van der Waals surface area contributed by atoms with E-state index in [1.807, 2.05) is 48.5 Å². The highest BCUT2D eigenvalue weighted by Gasteiger charge is 2.45. The fourth-order valence-electron chi connectivity index (χ4n) is 3.40. The monoisotopic (exact) mass is 398 g/mol. The summed E-state index contributed by atoms with van der Waals surface area (Å²) in [6, 6.07) is 15.8. The molecule has 1 aliphatic heterocycles. The van der Waals surface area contributed by atoms with Crippen LogP contribution in [0.15, 0.2) is 48.5 Å². The number of nitrogens with one attached hydrogen (secondary N) is 2. The molecule has 1 amide bonds. The molecule has 1 heterocycles. The van der Waals surface area contributed by atoms with Gasteiger partial charge in [0.25, 0.3) is 0 Å². The zero-order chi connectivity index (χ0) is 21.0. The van der Waals surface area contributed by atoms with Crippen LogP contribution in [0.4, 0.5) is 10.5 Å². The number of benzene rings is 2. The highest BCUT2D eigenvalue weighted by Crippen LogP contribution is 2.43. The molecule has 2 atom stereocenters. The molecular formula is C23H30N2O4. The number of alkyl carbamates (subject to hydrolysis) is 1. The number of fused-ring (bicyclic) bond motifs is 1. The van der Waals surface area contributed by atoms with E-state index in [0.29, 0.717) is 24.3 Å². The van der Waals surface area contributed by atoms with E-state index >= 15 is 0 Å². The summed E-state index contributed by atoms with van der Waals surface area (Å²) in [5, 5.41) is 16.9. The van der Waals surface area contributed by atoms with Crippen molar-refractivity contribution in [2.45, 2.75) is 58.0 Å². The predicted molar refractivity (Wildman–Crippen MR) is 113 cm³/mol. The van der Waals surface area contributed by atoms with Crippen molar-refractivity contribution in [1.29, 1.82) is 0 Å². The molecule has 3 N–H and O–H groups in total. The summed E-state index contributed by atoms with van der Waals surface area (Å²) < 4.78 is 11.6. The minimum Gasteiger partial charge on any atom is -0.484 e. The number of rotatable bonds is 6. The van der Waals surface area contributed by atoms with E-state index in [0.717, 1.165) is 11.3 Å². The zero-order valence-electron chi connectivity index (χ0n) is 17.4. The molecule has 0 fully saturated rings. The summed E-state index contributed by atoms with van der Waals surface area (Å²) in [6.07, 6.45) is -1.64. The molecule has 0 saturated carbocycles. The van der Waals surface area contributed by atoms with E-state index in [4.69, 9.17) is 9.47 Å². The number of anilines is 1. The minimum atomic E-state index is -0.987. The highest BCUT2D eigenvalue weighted by molar-refractivity contribution is 5.68. The number of aliphatic hydroxyl groups excluding tert-OH is 1. The summed E-state index contributed by atoms with van der Waals surface area (Å²) >= 11 is 0. The Balaban J connectivity index is 1.69. The van der Waals surface area contributed by atoms with Gasteiger partial charge < -0.3 is 25.2 Å². The van der Waals surface area contributed by atoms with Gasteiger partial charge >= 0.3 is 6.09 Å². The molecule has 29 heavy (non-hydrogen) atoms. The van der Waals surface area contributed by atoms with Crippen LogP contribution < -0.4 is 15.4 Å². The van der Waals surface area contributed by atoms with Crippen molar-refractivity contribution in [3.8, 4) is 5.75 Å². The van der Waals surface area contributed by atoms with Crippen LogP contribution in [-0.4, -0.2) is 35.5 Å². The summed E-state index contributed by atoms with van der Waals surface area (Å²) in [5.41, 5.74) is 1.82. The van der Waals surface area contributed by atoms with Crippen LogP contribution in [0.3, 0.4) is 0 Å². The second-order valence-corrected chi connectivity index (χ2v) is 8.19. The quantitative estimate of drug-likeness (QED) is 0.684.